The maximum atomic E-state index is 12.6. The van der Waals surface area contributed by atoms with Crippen molar-refractivity contribution in [3.63, 3.8) is 0 Å². The van der Waals surface area contributed by atoms with Crippen LogP contribution in [0.1, 0.15) is 16.1 Å². The summed E-state index contributed by atoms with van der Waals surface area (Å²) in [5.41, 5.74) is 1.70. The fourth-order valence-electron chi connectivity index (χ4n) is 2.56. The number of ether oxygens (including phenoxy) is 1. The van der Waals surface area contributed by atoms with Crippen molar-refractivity contribution in [2.24, 2.45) is 0 Å². The fraction of sp³-hybridized carbons (Fsp3) is 0.316. The molecule has 1 aromatic carbocycles. The lowest BCUT2D eigenvalue weighted by molar-refractivity contribution is 0.0927. The first-order valence-electron chi connectivity index (χ1n) is 8.44. The molecule has 0 saturated carbocycles. The molecule has 3 aromatic rings. The molecule has 0 radical (unpaired) electrons. The smallest absolute Gasteiger partial charge is 0.287 e. The Labute approximate surface area is 173 Å². The van der Waals surface area contributed by atoms with E-state index in [4.69, 9.17) is 9.15 Å². The van der Waals surface area contributed by atoms with Crippen LogP contribution in [0.15, 0.2) is 50.4 Å². The van der Waals surface area contributed by atoms with E-state index >= 15 is 0 Å². The van der Waals surface area contributed by atoms with Gasteiger partial charge in [-0.05, 0) is 17.5 Å². The minimum atomic E-state index is -0.170. The molecule has 0 saturated heterocycles. The van der Waals surface area contributed by atoms with Gasteiger partial charge in [-0.2, -0.15) is 0 Å². The maximum absolute atomic E-state index is 12.6. The Bertz CT molecular complexity index is 837. The van der Waals surface area contributed by atoms with Crippen molar-refractivity contribution in [3.8, 4) is 0 Å². The molecule has 0 aliphatic rings. The van der Waals surface area contributed by atoms with Gasteiger partial charge in [0.25, 0.3) is 5.91 Å². The van der Waals surface area contributed by atoms with E-state index in [1.807, 2.05) is 30.3 Å². The normalized spacial score (nSPS) is 10.7. The number of para-hydroxylation sites is 1. The van der Waals surface area contributed by atoms with Crippen molar-refractivity contribution in [2.45, 2.75) is 9.96 Å². The summed E-state index contributed by atoms with van der Waals surface area (Å²) < 4.78 is 12.1. The summed E-state index contributed by atoms with van der Waals surface area (Å²) in [6, 6.07) is 11.9. The van der Waals surface area contributed by atoms with Gasteiger partial charge in [-0.1, -0.05) is 24.3 Å². The number of carbonyl (C=O) groups excluding carboxylic acids is 1. The fourth-order valence-corrected chi connectivity index (χ4v) is 4.37. The Morgan fingerprint density at radius 3 is 2.81 bits per heavy atom. The molecular weight excluding hydrogens is 404 g/mol. The first-order chi connectivity index (χ1) is 12.8. The monoisotopic (exact) mass is 426 g/mol. The zero-order chi connectivity index (χ0) is 18.2. The Balaban J connectivity index is 0.00000261. The van der Waals surface area contributed by atoms with Gasteiger partial charge in [-0.3, -0.25) is 4.79 Å². The highest BCUT2D eigenvalue weighted by atomic mass is 35.5. The van der Waals surface area contributed by atoms with E-state index < -0.39 is 0 Å². The number of hydrogen-bond acceptors (Lipinski definition) is 6. The summed E-state index contributed by atoms with van der Waals surface area (Å²) in [5.74, 6) is 0.940. The summed E-state index contributed by atoms with van der Waals surface area (Å²) >= 11 is 3.42. The Kier molecular flexibility index (Phi) is 9.17. The highest BCUT2D eigenvalue weighted by Crippen LogP contribution is 2.33. The van der Waals surface area contributed by atoms with Crippen LogP contribution >= 0.6 is 35.5 Å². The molecule has 2 aromatic heterocycles. The summed E-state index contributed by atoms with van der Waals surface area (Å²) in [4.78, 5) is 12.6. The highest BCUT2D eigenvalue weighted by molar-refractivity contribution is 8.00. The molecule has 0 unspecified atom stereocenters. The number of thiophene rings is 1. The molecule has 146 valence electrons. The van der Waals surface area contributed by atoms with Gasteiger partial charge in [0.1, 0.15) is 5.58 Å². The number of rotatable bonds is 10. The summed E-state index contributed by atoms with van der Waals surface area (Å²) in [6.45, 7) is 2.65. The number of fused-ring (bicyclic) bond motifs is 1. The third-order valence-electron chi connectivity index (χ3n) is 3.83. The standard InChI is InChI=1S/C19H22N2O3S2.ClH/c1-23-11-10-20-8-9-21-19(22)18-15(13-26-17-7-4-12-25-17)14-5-2-3-6-16(14)24-18;/h2-7,12,20H,8-11,13H2,1H3,(H,21,22);1H. The second-order valence-electron chi connectivity index (χ2n) is 5.63. The first-order valence-corrected chi connectivity index (χ1v) is 10.3. The average molecular weight is 427 g/mol. The summed E-state index contributed by atoms with van der Waals surface area (Å²) in [6.07, 6.45) is 0. The Morgan fingerprint density at radius 2 is 2.04 bits per heavy atom. The van der Waals surface area contributed by atoms with E-state index in [2.05, 4.69) is 22.1 Å². The molecule has 5 nitrogen and oxygen atoms in total. The Hall–Kier alpha value is -1.51. The third-order valence-corrected chi connectivity index (χ3v) is 5.99. The van der Waals surface area contributed by atoms with E-state index in [0.29, 0.717) is 31.2 Å². The van der Waals surface area contributed by atoms with Gasteiger partial charge in [0.2, 0.25) is 0 Å². The average Bonchev–Trinajstić information content (AvgIpc) is 3.30. The summed E-state index contributed by atoms with van der Waals surface area (Å²) in [7, 11) is 1.67. The van der Waals surface area contributed by atoms with Crippen LogP contribution in [0.3, 0.4) is 0 Å². The lowest BCUT2D eigenvalue weighted by Gasteiger charge is -2.06. The van der Waals surface area contributed by atoms with Crippen molar-refractivity contribution in [3.05, 3.63) is 53.1 Å². The van der Waals surface area contributed by atoms with Crippen LogP contribution in [0.2, 0.25) is 0 Å². The predicted molar refractivity (Wildman–Crippen MR) is 114 cm³/mol. The number of thioether (sulfide) groups is 1. The quantitative estimate of drug-likeness (QED) is 0.376. The second kappa shape index (κ2) is 11.4. The van der Waals surface area contributed by atoms with Crippen LogP contribution in [-0.2, 0) is 10.5 Å². The molecule has 2 N–H and O–H groups in total. The predicted octanol–water partition coefficient (Wildman–Crippen LogP) is 4.17. The SMILES string of the molecule is COCCNCCNC(=O)c1oc2ccccc2c1CSc1cccs1.Cl. The third kappa shape index (κ3) is 5.99. The molecule has 8 heteroatoms. The van der Waals surface area contributed by atoms with Crippen molar-refractivity contribution < 1.29 is 13.9 Å². The van der Waals surface area contributed by atoms with Gasteiger partial charge in [-0.15, -0.1) is 35.5 Å². The number of methoxy groups -OCH3 is 1. The number of halogens is 1. The lowest BCUT2D eigenvalue weighted by Crippen LogP contribution is -2.33. The number of nitrogens with one attached hydrogen (secondary N) is 2. The van der Waals surface area contributed by atoms with Gasteiger partial charge in [0, 0.05) is 43.4 Å². The number of carbonyl (C=O) groups is 1. The van der Waals surface area contributed by atoms with Crippen molar-refractivity contribution in [2.75, 3.05) is 33.4 Å². The molecule has 0 fully saturated rings. The topological polar surface area (TPSA) is 63.5 Å². The molecule has 27 heavy (non-hydrogen) atoms. The van der Waals surface area contributed by atoms with Gasteiger partial charge >= 0.3 is 0 Å². The molecule has 3 rings (SSSR count). The lowest BCUT2D eigenvalue weighted by atomic mass is 10.1. The largest absolute Gasteiger partial charge is 0.451 e. The van der Waals surface area contributed by atoms with Gasteiger partial charge < -0.3 is 19.8 Å². The first kappa shape index (κ1) is 21.8. The van der Waals surface area contributed by atoms with Crippen LogP contribution in [0, 0.1) is 0 Å². The highest BCUT2D eigenvalue weighted by Gasteiger charge is 2.20. The molecule has 2 heterocycles. The van der Waals surface area contributed by atoms with Crippen LogP contribution in [0.25, 0.3) is 11.0 Å². The number of furan rings is 1. The van der Waals surface area contributed by atoms with Gasteiger partial charge in [0.05, 0.1) is 10.8 Å². The summed E-state index contributed by atoms with van der Waals surface area (Å²) in [5, 5.41) is 9.19. The molecule has 0 aliphatic carbocycles. The zero-order valence-corrected chi connectivity index (χ0v) is 17.5. The van der Waals surface area contributed by atoms with E-state index in [1.165, 1.54) is 4.21 Å². The minimum absolute atomic E-state index is 0. The maximum Gasteiger partial charge on any atom is 0.287 e. The molecular formula is C19H23ClN2O3S2. The number of benzene rings is 1. The van der Waals surface area contributed by atoms with E-state index in [-0.39, 0.29) is 18.3 Å². The number of hydrogen-bond donors (Lipinski definition) is 2. The zero-order valence-electron chi connectivity index (χ0n) is 15.0. The van der Waals surface area contributed by atoms with Crippen LogP contribution < -0.4 is 10.6 Å². The van der Waals surface area contributed by atoms with Gasteiger partial charge in [-0.25, -0.2) is 0 Å². The van der Waals surface area contributed by atoms with E-state index in [9.17, 15) is 4.79 Å². The number of amides is 1. The molecule has 1 amide bonds. The van der Waals surface area contributed by atoms with Crippen LogP contribution in [-0.4, -0.2) is 39.3 Å². The Morgan fingerprint density at radius 1 is 1.19 bits per heavy atom. The van der Waals surface area contributed by atoms with Crippen LogP contribution in [0.5, 0.6) is 0 Å². The van der Waals surface area contributed by atoms with Gasteiger partial charge in [0.15, 0.2) is 5.76 Å². The van der Waals surface area contributed by atoms with Crippen LogP contribution in [0.4, 0.5) is 0 Å². The van der Waals surface area contributed by atoms with E-state index in [1.54, 1.807) is 30.2 Å². The molecule has 0 aliphatic heterocycles. The van der Waals surface area contributed by atoms with Crippen molar-refractivity contribution >= 4 is 52.4 Å². The molecule has 0 atom stereocenters. The van der Waals surface area contributed by atoms with Crippen molar-refractivity contribution in [1.29, 1.82) is 0 Å². The molecule has 0 bridgehead atoms. The van der Waals surface area contributed by atoms with E-state index in [0.717, 1.165) is 23.1 Å². The second-order valence-corrected chi connectivity index (χ2v) is 7.85. The minimum Gasteiger partial charge on any atom is -0.451 e. The van der Waals surface area contributed by atoms with Crippen molar-refractivity contribution in [1.82, 2.24) is 10.6 Å². The molecule has 0 spiro atoms.